The van der Waals surface area contributed by atoms with Gasteiger partial charge in [0.15, 0.2) is 0 Å². The number of amides is 1. The molecule has 28 heavy (non-hydrogen) atoms. The molecule has 4 aromatic rings. The minimum absolute atomic E-state index is 0.277. The highest BCUT2D eigenvalue weighted by molar-refractivity contribution is 6.30. The van der Waals surface area contributed by atoms with E-state index in [4.69, 9.17) is 11.6 Å². The van der Waals surface area contributed by atoms with Crippen LogP contribution < -0.4 is 5.43 Å². The Balaban J connectivity index is 1.56. The zero-order chi connectivity index (χ0) is 19.3. The number of carbonyl (C=O) groups excluding carboxylic acids is 1. The van der Waals surface area contributed by atoms with E-state index in [0.717, 1.165) is 23.0 Å². The number of fused-ring (bicyclic) bond motifs is 1. The van der Waals surface area contributed by atoms with Crippen LogP contribution in [0.25, 0.3) is 10.9 Å². The van der Waals surface area contributed by atoms with Crippen LogP contribution in [0.5, 0.6) is 0 Å². The van der Waals surface area contributed by atoms with Crippen molar-refractivity contribution < 1.29 is 4.79 Å². The summed E-state index contributed by atoms with van der Waals surface area (Å²) in [5, 5.41) is 5.82. The highest BCUT2D eigenvalue weighted by Gasteiger charge is 2.08. The quantitative estimate of drug-likeness (QED) is 0.375. The van der Waals surface area contributed by atoms with Crippen LogP contribution in [-0.2, 0) is 6.54 Å². The number of aromatic nitrogens is 1. The zero-order valence-electron chi connectivity index (χ0n) is 15.0. The fourth-order valence-electron chi connectivity index (χ4n) is 3.12. The number of para-hydroxylation sites is 1. The number of hydrogen-bond acceptors (Lipinski definition) is 2. The van der Waals surface area contributed by atoms with E-state index in [9.17, 15) is 4.79 Å². The van der Waals surface area contributed by atoms with Gasteiger partial charge in [-0.2, -0.15) is 5.10 Å². The van der Waals surface area contributed by atoms with Crippen LogP contribution in [0.3, 0.4) is 0 Å². The first-order valence-corrected chi connectivity index (χ1v) is 9.29. The van der Waals surface area contributed by atoms with E-state index in [0.29, 0.717) is 10.6 Å². The molecule has 0 bridgehead atoms. The molecule has 0 aliphatic heterocycles. The maximum atomic E-state index is 12.2. The van der Waals surface area contributed by atoms with Crippen molar-refractivity contribution in [2.75, 3.05) is 0 Å². The van der Waals surface area contributed by atoms with E-state index in [2.05, 4.69) is 45.6 Å². The minimum Gasteiger partial charge on any atom is -0.342 e. The van der Waals surface area contributed by atoms with Crippen molar-refractivity contribution >= 4 is 34.6 Å². The van der Waals surface area contributed by atoms with E-state index < -0.39 is 0 Å². The SMILES string of the molecule is O=C(N/N=C\c1cn(Cc2ccccc2)c2ccccc12)c1ccc(Cl)cc1. The van der Waals surface area contributed by atoms with Gasteiger partial charge in [0.25, 0.3) is 5.91 Å². The number of hydrazone groups is 1. The van der Waals surface area contributed by atoms with E-state index >= 15 is 0 Å². The van der Waals surface area contributed by atoms with Crippen molar-refractivity contribution in [3.8, 4) is 0 Å². The Labute approximate surface area is 168 Å². The van der Waals surface area contributed by atoms with Crippen molar-refractivity contribution in [2.24, 2.45) is 5.10 Å². The van der Waals surface area contributed by atoms with Crippen molar-refractivity contribution in [1.82, 2.24) is 9.99 Å². The standard InChI is InChI=1S/C23H18ClN3O/c24-20-12-10-18(11-13-20)23(28)26-25-14-19-16-27(15-17-6-2-1-3-7-17)22-9-5-4-8-21(19)22/h1-14,16H,15H2,(H,26,28)/b25-14-. The molecule has 5 heteroatoms. The molecule has 0 saturated heterocycles. The molecule has 4 nitrogen and oxygen atoms in total. The summed E-state index contributed by atoms with van der Waals surface area (Å²) in [6.07, 6.45) is 3.73. The third-order valence-corrected chi connectivity index (χ3v) is 4.74. The monoisotopic (exact) mass is 387 g/mol. The number of carbonyl (C=O) groups is 1. The second-order valence-corrected chi connectivity index (χ2v) is 6.86. The fourth-order valence-corrected chi connectivity index (χ4v) is 3.24. The van der Waals surface area contributed by atoms with Gasteiger partial charge in [-0.05, 0) is 35.9 Å². The summed E-state index contributed by atoms with van der Waals surface area (Å²) >= 11 is 5.85. The van der Waals surface area contributed by atoms with Crippen LogP contribution in [0.4, 0.5) is 0 Å². The van der Waals surface area contributed by atoms with Crippen LogP contribution in [0.2, 0.25) is 5.02 Å². The smallest absolute Gasteiger partial charge is 0.271 e. The maximum absolute atomic E-state index is 12.2. The average molecular weight is 388 g/mol. The summed E-state index contributed by atoms with van der Waals surface area (Å²) in [6.45, 7) is 0.770. The molecule has 4 rings (SSSR count). The normalized spacial score (nSPS) is 11.2. The van der Waals surface area contributed by atoms with Crippen LogP contribution in [-0.4, -0.2) is 16.7 Å². The van der Waals surface area contributed by atoms with Crippen molar-refractivity contribution in [3.05, 3.63) is 107 Å². The molecule has 138 valence electrons. The molecule has 1 heterocycles. The van der Waals surface area contributed by atoms with Gasteiger partial charge in [0.1, 0.15) is 0 Å². The van der Waals surface area contributed by atoms with Crippen molar-refractivity contribution in [3.63, 3.8) is 0 Å². The summed E-state index contributed by atoms with van der Waals surface area (Å²) in [6, 6.07) is 25.1. The predicted molar refractivity (Wildman–Crippen MR) is 114 cm³/mol. The average Bonchev–Trinajstić information content (AvgIpc) is 3.07. The number of rotatable bonds is 5. The Morgan fingerprint density at radius 3 is 2.46 bits per heavy atom. The number of benzene rings is 3. The molecular formula is C23H18ClN3O. The van der Waals surface area contributed by atoms with Gasteiger partial charge in [-0.3, -0.25) is 4.79 Å². The van der Waals surface area contributed by atoms with E-state index in [1.807, 2.05) is 30.3 Å². The van der Waals surface area contributed by atoms with Crippen LogP contribution in [0, 0.1) is 0 Å². The van der Waals surface area contributed by atoms with Gasteiger partial charge in [0.2, 0.25) is 0 Å². The molecule has 0 aliphatic rings. The lowest BCUT2D eigenvalue weighted by Crippen LogP contribution is -2.17. The number of nitrogens with one attached hydrogen (secondary N) is 1. The lowest BCUT2D eigenvalue weighted by atomic mass is 10.2. The molecule has 0 unspecified atom stereocenters. The predicted octanol–water partition coefficient (Wildman–Crippen LogP) is 5.11. The molecule has 0 spiro atoms. The third-order valence-electron chi connectivity index (χ3n) is 4.49. The lowest BCUT2D eigenvalue weighted by Gasteiger charge is -2.05. The highest BCUT2D eigenvalue weighted by Crippen LogP contribution is 2.21. The molecule has 0 fully saturated rings. The first kappa shape index (κ1) is 18.0. The minimum atomic E-state index is -0.277. The van der Waals surface area contributed by atoms with E-state index in [-0.39, 0.29) is 5.91 Å². The number of nitrogens with zero attached hydrogens (tertiary/aromatic N) is 2. The Morgan fingerprint density at radius 1 is 0.964 bits per heavy atom. The Bertz CT molecular complexity index is 1130. The largest absolute Gasteiger partial charge is 0.342 e. The van der Waals surface area contributed by atoms with Gasteiger partial charge >= 0.3 is 0 Å². The molecule has 1 N–H and O–H groups in total. The van der Waals surface area contributed by atoms with Crippen molar-refractivity contribution in [1.29, 1.82) is 0 Å². The topological polar surface area (TPSA) is 46.4 Å². The molecule has 1 amide bonds. The molecule has 3 aromatic carbocycles. The lowest BCUT2D eigenvalue weighted by molar-refractivity contribution is 0.0955. The summed E-state index contributed by atoms with van der Waals surface area (Å²) in [5.74, 6) is -0.277. The highest BCUT2D eigenvalue weighted by atomic mass is 35.5. The van der Waals surface area contributed by atoms with Gasteiger partial charge in [-0.15, -0.1) is 0 Å². The summed E-state index contributed by atoms with van der Waals surface area (Å²) < 4.78 is 2.19. The molecule has 0 radical (unpaired) electrons. The second kappa shape index (κ2) is 8.11. The zero-order valence-corrected chi connectivity index (χ0v) is 15.8. The van der Waals surface area contributed by atoms with Crippen LogP contribution in [0.1, 0.15) is 21.5 Å². The van der Waals surface area contributed by atoms with Gasteiger partial charge in [-0.25, -0.2) is 5.43 Å². The maximum Gasteiger partial charge on any atom is 0.271 e. The summed E-state index contributed by atoms with van der Waals surface area (Å²) in [4.78, 5) is 12.2. The van der Waals surface area contributed by atoms with Gasteiger partial charge in [0, 0.05) is 39.8 Å². The molecular weight excluding hydrogens is 370 g/mol. The second-order valence-electron chi connectivity index (χ2n) is 6.42. The van der Waals surface area contributed by atoms with Crippen molar-refractivity contribution in [2.45, 2.75) is 6.54 Å². The van der Waals surface area contributed by atoms with Gasteiger partial charge in [0.05, 0.1) is 6.21 Å². The molecule has 0 atom stereocenters. The van der Waals surface area contributed by atoms with Crippen LogP contribution >= 0.6 is 11.6 Å². The van der Waals surface area contributed by atoms with E-state index in [1.54, 1.807) is 30.5 Å². The van der Waals surface area contributed by atoms with E-state index in [1.165, 1.54) is 5.56 Å². The summed E-state index contributed by atoms with van der Waals surface area (Å²) in [5.41, 5.74) is 6.37. The van der Waals surface area contributed by atoms with Gasteiger partial charge in [-0.1, -0.05) is 60.1 Å². The number of halogens is 1. The first-order valence-electron chi connectivity index (χ1n) is 8.91. The Kier molecular flexibility index (Phi) is 5.22. The molecule has 0 aliphatic carbocycles. The Morgan fingerprint density at radius 2 is 1.68 bits per heavy atom. The molecule has 0 saturated carbocycles. The fraction of sp³-hybridized carbons (Fsp3) is 0.0435. The van der Waals surface area contributed by atoms with Crippen LogP contribution in [0.15, 0.2) is 90.2 Å². The molecule has 1 aromatic heterocycles. The van der Waals surface area contributed by atoms with Gasteiger partial charge < -0.3 is 4.57 Å². The Hall–Kier alpha value is -3.37. The first-order chi connectivity index (χ1) is 13.7. The summed E-state index contributed by atoms with van der Waals surface area (Å²) in [7, 11) is 0. The third kappa shape index (κ3) is 3.97. The number of hydrogen-bond donors (Lipinski definition) is 1.